The van der Waals surface area contributed by atoms with E-state index in [9.17, 15) is 5.21 Å². The molecule has 0 saturated carbocycles. The number of fused-ring (bicyclic) bond motifs is 1. The van der Waals surface area contributed by atoms with Crippen LogP contribution >= 0.6 is 0 Å². The molecule has 0 aromatic heterocycles. The number of halogens is 1. The molecule has 1 saturated heterocycles. The van der Waals surface area contributed by atoms with Crippen LogP contribution in [0.2, 0.25) is 0 Å². The van der Waals surface area contributed by atoms with Gasteiger partial charge in [0.2, 0.25) is 0 Å². The maximum atomic E-state index is 15.3. The third-order valence-corrected chi connectivity index (χ3v) is 5.58. The molecule has 7 heteroatoms. The van der Waals surface area contributed by atoms with E-state index in [4.69, 9.17) is 10.5 Å². The number of benzene rings is 1. The Morgan fingerprint density at radius 3 is 2.83 bits per heavy atom. The highest BCUT2D eigenvalue weighted by Crippen LogP contribution is 2.50. The number of nitrogens with zero attached hydrogens (tertiary/aromatic N) is 2. The van der Waals surface area contributed by atoms with Crippen LogP contribution in [-0.2, 0) is 0 Å². The van der Waals surface area contributed by atoms with Gasteiger partial charge in [-0.05, 0) is 36.9 Å². The van der Waals surface area contributed by atoms with Gasteiger partial charge in [-0.15, -0.1) is 6.58 Å². The van der Waals surface area contributed by atoms with E-state index in [0.29, 0.717) is 60.1 Å². The fraction of sp³-hybridized carbons (Fsp3) is 0.364. The summed E-state index contributed by atoms with van der Waals surface area (Å²) in [4.78, 5) is 3.98. The summed E-state index contributed by atoms with van der Waals surface area (Å²) in [5.74, 6) is 0.445. The second-order valence-corrected chi connectivity index (χ2v) is 7.36. The van der Waals surface area contributed by atoms with Gasteiger partial charge in [-0.3, -0.25) is 10.7 Å². The minimum Gasteiger partial charge on any atom is -0.492 e. The number of hydrogen-bond acceptors (Lipinski definition) is 6. The number of rotatable bonds is 8. The summed E-state index contributed by atoms with van der Waals surface area (Å²) >= 11 is 0. The van der Waals surface area contributed by atoms with E-state index in [1.807, 2.05) is 22.1 Å². The molecule has 1 aromatic carbocycles. The zero-order chi connectivity index (χ0) is 21.1. The summed E-state index contributed by atoms with van der Waals surface area (Å²) < 4.78 is 21.1. The standard InChI is InChI=1S/C22H29FN4O2/c1-5-6-8-26-13-18(15(3)25-28)14(2)17-10-19(23)21(22(29-4)20(17)26)27-9-7-16(11-24)12-27/h5,10,13,16,25,28H,1-3,6-9,11-12,24H2,4H3. The molecule has 4 N–H and O–H groups in total. The van der Waals surface area contributed by atoms with Gasteiger partial charge in [-0.2, -0.15) is 0 Å². The number of allylic oxidation sites excluding steroid dienone is 1. The largest absolute Gasteiger partial charge is 0.492 e. The van der Waals surface area contributed by atoms with Crippen molar-refractivity contribution in [1.29, 1.82) is 0 Å². The Hall–Kier alpha value is -2.77. The van der Waals surface area contributed by atoms with Crippen molar-refractivity contribution in [2.75, 3.05) is 43.1 Å². The SMILES string of the molecule is C=CCCN1C=C(C(=C)NO)C(=C)c2cc(F)c(N3CCC(CN)C3)c(OC)c21. The first kappa shape index (κ1) is 21.0. The zero-order valence-electron chi connectivity index (χ0n) is 16.9. The first-order chi connectivity index (χ1) is 14.0. The molecule has 156 valence electrons. The van der Waals surface area contributed by atoms with Crippen LogP contribution in [-0.4, -0.2) is 38.5 Å². The lowest BCUT2D eigenvalue weighted by atomic mass is 9.91. The average Bonchev–Trinajstić information content (AvgIpc) is 3.20. The molecule has 3 rings (SSSR count). The molecular weight excluding hydrogens is 371 g/mol. The molecule has 1 atom stereocenters. The lowest BCUT2D eigenvalue weighted by Crippen LogP contribution is -2.28. The number of anilines is 2. The van der Waals surface area contributed by atoms with E-state index < -0.39 is 0 Å². The molecule has 6 nitrogen and oxygen atoms in total. The third-order valence-electron chi connectivity index (χ3n) is 5.58. The topological polar surface area (TPSA) is 74.0 Å². The van der Waals surface area contributed by atoms with E-state index in [-0.39, 0.29) is 11.5 Å². The van der Waals surface area contributed by atoms with Crippen LogP contribution in [0.1, 0.15) is 18.4 Å². The predicted octanol–water partition coefficient (Wildman–Crippen LogP) is 3.41. The Bertz CT molecular complexity index is 865. The van der Waals surface area contributed by atoms with Crippen molar-refractivity contribution in [2.24, 2.45) is 11.7 Å². The lowest BCUT2D eigenvalue weighted by molar-refractivity contribution is 0.204. The number of hydroxylamine groups is 1. The molecule has 0 amide bonds. The highest BCUT2D eigenvalue weighted by atomic mass is 19.1. The molecule has 2 aliphatic heterocycles. The highest BCUT2D eigenvalue weighted by molar-refractivity contribution is 5.96. The van der Waals surface area contributed by atoms with Gasteiger partial charge in [0, 0.05) is 37.0 Å². The van der Waals surface area contributed by atoms with Gasteiger partial charge in [0.1, 0.15) is 5.69 Å². The monoisotopic (exact) mass is 400 g/mol. The van der Waals surface area contributed by atoms with Gasteiger partial charge in [0.15, 0.2) is 11.6 Å². The van der Waals surface area contributed by atoms with Crippen LogP contribution in [0.3, 0.4) is 0 Å². The van der Waals surface area contributed by atoms with Crippen LogP contribution in [0.4, 0.5) is 15.8 Å². The smallest absolute Gasteiger partial charge is 0.169 e. The van der Waals surface area contributed by atoms with Crippen molar-refractivity contribution < 1.29 is 14.3 Å². The summed E-state index contributed by atoms with van der Waals surface area (Å²) in [5.41, 5.74) is 11.2. The molecule has 1 aromatic rings. The molecule has 0 radical (unpaired) electrons. The maximum Gasteiger partial charge on any atom is 0.169 e. The summed E-state index contributed by atoms with van der Waals surface area (Å²) in [6, 6.07) is 1.49. The van der Waals surface area contributed by atoms with Gasteiger partial charge in [-0.1, -0.05) is 19.2 Å². The summed E-state index contributed by atoms with van der Waals surface area (Å²) in [6.07, 6.45) is 5.30. The van der Waals surface area contributed by atoms with Crippen LogP contribution < -0.4 is 25.8 Å². The molecular formula is C22H29FN4O2. The lowest BCUT2D eigenvalue weighted by Gasteiger charge is -2.34. The van der Waals surface area contributed by atoms with Gasteiger partial charge in [0.25, 0.3) is 0 Å². The zero-order valence-corrected chi connectivity index (χ0v) is 16.9. The normalized spacial score (nSPS) is 18.4. The Morgan fingerprint density at radius 1 is 1.48 bits per heavy atom. The van der Waals surface area contributed by atoms with Gasteiger partial charge < -0.3 is 20.3 Å². The minimum absolute atomic E-state index is 0.290. The molecule has 2 aliphatic rings. The number of nitrogens with one attached hydrogen (secondary N) is 1. The van der Waals surface area contributed by atoms with Gasteiger partial charge in [-0.25, -0.2) is 4.39 Å². The molecule has 0 aliphatic carbocycles. The molecule has 29 heavy (non-hydrogen) atoms. The molecule has 0 spiro atoms. The fourth-order valence-electron chi connectivity index (χ4n) is 4.01. The van der Waals surface area contributed by atoms with Crippen LogP contribution in [0.15, 0.2) is 49.3 Å². The first-order valence-corrected chi connectivity index (χ1v) is 9.70. The van der Waals surface area contributed by atoms with E-state index in [1.54, 1.807) is 7.11 Å². The Labute approximate surface area is 171 Å². The van der Waals surface area contributed by atoms with Crippen LogP contribution in [0.5, 0.6) is 5.75 Å². The first-order valence-electron chi connectivity index (χ1n) is 9.70. The van der Waals surface area contributed by atoms with E-state index in [1.165, 1.54) is 6.07 Å². The molecule has 0 bridgehead atoms. The van der Waals surface area contributed by atoms with Crippen LogP contribution in [0.25, 0.3) is 5.57 Å². The maximum absolute atomic E-state index is 15.3. The summed E-state index contributed by atoms with van der Waals surface area (Å²) in [6.45, 7) is 14.3. The quantitative estimate of drug-likeness (QED) is 0.459. The second kappa shape index (κ2) is 8.71. The number of nitrogens with two attached hydrogens (primary N) is 1. The van der Waals surface area contributed by atoms with Crippen molar-refractivity contribution >= 4 is 16.9 Å². The van der Waals surface area contributed by atoms with E-state index >= 15 is 4.39 Å². The Balaban J connectivity index is 2.16. The number of methoxy groups -OCH3 is 1. The van der Waals surface area contributed by atoms with Gasteiger partial charge >= 0.3 is 0 Å². The summed E-state index contributed by atoms with van der Waals surface area (Å²) in [7, 11) is 1.55. The number of hydrogen-bond donors (Lipinski definition) is 3. The predicted molar refractivity (Wildman–Crippen MR) is 116 cm³/mol. The molecule has 1 fully saturated rings. The fourth-order valence-corrected chi connectivity index (χ4v) is 4.01. The summed E-state index contributed by atoms with van der Waals surface area (Å²) in [5, 5.41) is 9.32. The van der Waals surface area contributed by atoms with E-state index in [0.717, 1.165) is 18.7 Å². The van der Waals surface area contributed by atoms with Crippen LogP contribution in [0, 0.1) is 11.7 Å². The van der Waals surface area contributed by atoms with Crippen molar-refractivity contribution in [1.82, 2.24) is 5.48 Å². The highest BCUT2D eigenvalue weighted by Gasteiger charge is 2.33. The van der Waals surface area contributed by atoms with Crippen molar-refractivity contribution in [3.63, 3.8) is 0 Å². The van der Waals surface area contributed by atoms with Crippen molar-refractivity contribution in [3.8, 4) is 5.75 Å². The van der Waals surface area contributed by atoms with Crippen molar-refractivity contribution in [2.45, 2.75) is 12.8 Å². The minimum atomic E-state index is -0.369. The Morgan fingerprint density at radius 2 is 2.24 bits per heavy atom. The average molecular weight is 400 g/mol. The number of ether oxygens (including phenoxy) is 1. The van der Waals surface area contributed by atoms with Gasteiger partial charge in [0.05, 0.1) is 18.5 Å². The third kappa shape index (κ3) is 3.75. The molecule has 2 heterocycles. The van der Waals surface area contributed by atoms with Crippen molar-refractivity contribution in [3.05, 3.63) is 60.7 Å². The Kier molecular flexibility index (Phi) is 6.30. The molecule has 1 unspecified atom stereocenters. The van der Waals surface area contributed by atoms with E-state index in [2.05, 4.69) is 25.2 Å². The second-order valence-electron chi connectivity index (χ2n) is 7.36.